The molecule has 0 unspecified atom stereocenters. The number of hydrogen-bond donors (Lipinski definition) is 0. The van der Waals surface area contributed by atoms with E-state index in [1.807, 2.05) is 30.3 Å². The third-order valence-corrected chi connectivity index (χ3v) is 5.68. The molecule has 3 rings (SSSR count). The Morgan fingerprint density at radius 3 is 2.50 bits per heavy atom. The smallest absolute Gasteiger partial charge is 0.244 e. The second-order valence-corrected chi connectivity index (χ2v) is 7.36. The molecular formula is C16H14ClNO3S. The number of halogens is 1. The van der Waals surface area contributed by atoms with Gasteiger partial charge >= 0.3 is 0 Å². The summed E-state index contributed by atoms with van der Waals surface area (Å²) in [5, 5.41) is 1.15. The lowest BCUT2D eigenvalue weighted by molar-refractivity contribution is 0.418. The van der Waals surface area contributed by atoms with Gasteiger partial charge in [0.1, 0.15) is 16.2 Å². The van der Waals surface area contributed by atoms with Crippen molar-refractivity contribution in [3.8, 4) is 0 Å². The summed E-state index contributed by atoms with van der Waals surface area (Å²) in [7, 11) is -2.16. The summed E-state index contributed by atoms with van der Waals surface area (Å²) in [6, 6.07) is 15.8. The Morgan fingerprint density at radius 1 is 1.09 bits per heavy atom. The molecule has 3 aromatic rings. The van der Waals surface area contributed by atoms with Crippen LogP contribution in [0.1, 0.15) is 5.76 Å². The second-order valence-electron chi connectivity index (χ2n) is 4.94. The van der Waals surface area contributed by atoms with Gasteiger partial charge in [-0.2, -0.15) is 4.31 Å². The SMILES string of the molecule is CN(Cc1cc2ccccc2o1)S(=O)(=O)c1ccccc1Cl. The van der Waals surface area contributed by atoms with Gasteiger partial charge in [0.25, 0.3) is 0 Å². The lowest BCUT2D eigenvalue weighted by atomic mass is 10.2. The Labute approximate surface area is 134 Å². The quantitative estimate of drug-likeness (QED) is 0.726. The van der Waals surface area contributed by atoms with Crippen LogP contribution >= 0.6 is 11.6 Å². The second kappa shape index (κ2) is 5.76. The Balaban J connectivity index is 1.90. The molecule has 6 heteroatoms. The molecule has 22 heavy (non-hydrogen) atoms. The van der Waals surface area contributed by atoms with Crippen molar-refractivity contribution in [3.05, 3.63) is 65.4 Å². The molecule has 1 heterocycles. The number of para-hydroxylation sites is 1. The van der Waals surface area contributed by atoms with E-state index in [4.69, 9.17) is 16.0 Å². The molecule has 0 aliphatic carbocycles. The third kappa shape index (κ3) is 2.75. The van der Waals surface area contributed by atoms with E-state index in [0.29, 0.717) is 5.76 Å². The molecule has 0 N–H and O–H groups in total. The third-order valence-electron chi connectivity index (χ3n) is 3.38. The lowest BCUT2D eigenvalue weighted by Crippen LogP contribution is -2.26. The van der Waals surface area contributed by atoms with E-state index in [1.165, 1.54) is 17.4 Å². The summed E-state index contributed by atoms with van der Waals surface area (Å²) >= 11 is 5.99. The van der Waals surface area contributed by atoms with Crippen molar-refractivity contribution in [2.45, 2.75) is 11.4 Å². The van der Waals surface area contributed by atoms with Crippen LogP contribution in [0.5, 0.6) is 0 Å². The summed E-state index contributed by atoms with van der Waals surface area (Å²) in [6.07, 6.45) is 0. The minimum absolute atomic E-state index is 0.0928. The first kappa shape index (κ1) is 15.1. The first-order valence-electron chi connectivity index (χ1n) is 6.67. The minimum atomic E-state index is -3.66. The van der Waals surface area contributed by atoms with Crippen LogP contribution in [0.2, 0.25) is 5.02 Å². The number of sulfonamides is 1. The maximum atomic E-state index is 12.6. The number of rotatable bonds is 4. The van der Waals surface area contributed by atoms with Crippen molar-refractivity contribution in [1.29, 1.82) is 0 Å². The predicted octanol–water partition coefficient (Wildman–Crippen LogP) is 3.91. The van der Waals surface area contributed by atoms with Crippen LogP contribution < -0.4 is 0 Å². The van der Waals surface area contributed by atoms with Crippen molar-refractivity contribution < 1.29 is 12.8 Å². The topological polar surface area (TPSA) is 50.5 Å². The van der Waals surface area contributed by atoms with Crippen LogP contribution in [0.3, 0.4) is 0 Å². The van der Waals surface area contributed by atoms with E-state index in [0.717, 1.165) is 11.0 Å². The lowest BCUT2D eigenvalue weighted by Gasteiger charge is -2.16. The highest BCUT2D eigenvalue weighted by Gasteiger charge is 2.24. The molecule has 0 saturated heterocycles. The Kier molecular flexibility index (Phi) is 3.95. The van der Waals surface area contributed by atoms with Crippen LogP contribution in [0.15, 0.2) is 63.9 Å². The summed E-state index contributed by atoms with van der Waals surface area (Å²) in [5.74, 6) is 0.583. The number of furan rings is 1. The molecule has 0 bridgehead atoms. The van der Waals surface area contributed by atoms with Gasteiger partial charge in [0.15, 0.2) is 0 Å². The van der Waals surface area contributed by atoms with Crippen LogP contribution in [-0.4, -0.2) is 19.8 Å². The highest BCUT2D eigenvalue weighted by Crippen LogP contribution is 2.26. The van der Waals surface area contributed by atoms with E-state index in [2.05, 4.69) is 0 Å². The van der Waals surface area contributed by atoms with E-state index >= 15 is 0 Å². The van der Waals surface area contributed by atoms with Gasteiger partial charge in [-0.05, 0) is 24.3 Å². The average molecular weight is 336 g/mol. The van der Waals surface area contributed by atoms with Crippen molar-refractivity contribution >= 4 is 32.6 Å². The maximum absolute atomic E-state index is 12.6. The minimum Gasteiger partial charge on any atom is -0.460 e. The number of benzene rings is 2. The molecular weight excluding hydrogens is 322 g/mol. The predicted molar refractivity (Wildman–Crippen MR) is 86.3 cm³/mol. The van der Waals surface area contributed by atoms with Crippen LogP contribution in [-0.2, 0) is 16.6 Å². The summed E-state index contributed by atoms with van der Waals surface area (Å²) in [6.45, 7) is 0.141. The van der Waals surface area contributed by atoms with Crippen LogP contribution in [0, 0.1) is 0 Å². The molecule has 0 atom stereocenters. The van der Waals surface area contributed by atoms with Gasteiger partial charge in [0, 0.05) is 12.4 Å². The molecule has 0 saturated carbocycles. The average Bonchev–Trinajstić information content (AvgIpc) is 2.89. The monoisotopic (exact) mass is 335 g/mol. The zero-order chi connectivity index (χ0) is 15.7. The summed E-state index contributed by atoms with van der Waals surface area (Å²) in [5.41, 5.74) is 0.737. The molecule has 0 amide bonds. The molecule has 0 fully saturated rings. The fourth-order valence-electron chi connectivity index (χ4n) is 2.24. The van der Waals surface area contributed by atoms with Gasteiger partial charge in [-0.3, -0.25) is 0 Å². The van der Waals surface area contributed by atoms with E-state index in [9.17, 15) is 8.42 Å². The zero-order valence-corrected chi connectivity index (χ0v) is 13.4. The molecule has 1 aromatic heterocycles. The van der Waals surface area contributed by atoms with Crippen molar-refractivity contribution in [3.63, 3.8) is 0 Å². The van der Waals surface area contributed by atoms with E-state index < -0.39 is 10.0 Å². The molecule has 2 aromatic carbocycles. The Morgan fingerprint density at radius 2 is 1.77 bits per heavy atom. The highest BCUT2D eigenvalue weighted by atomic mass is 35.5. The van der Waals surface area contributed by atoms with Crippen molar-refractivity contribution in [2.24, 2.45) is 0 Å². The number of hydrogen-bond acceptors (Lipinski definition) is 3. The standard InChI is InChI=1S/C16H14ClNO3S/c1-18(22(19,20)16-9-5-3-7-14(16)17)11-13-10-12-6-2-4-8-15(12)21-13/h2-10H,11H2,1H3. The zero-order valence-electron chi connectivity index (χ0n) is 11.9. The Bertz CT molecular complexity index is 885. The van der Waals surface area contributed by atoms with Gasteiger partial charge < -0.3 is 4.42 Å². The molecule has 0 aliphatic heterocycles. The van der Waals surface area contributed by atoms with Crippen molar-refractivity contribution in [2.75, 3.05) is 7.05 Å². The number of nitrogens with zero attached hydrogens (tertiary/aromatic N) is 1. The first-order valence-corrected chi connectivity index (χ1v) is 8.48. The molecule has 114 valence electrons. The van der Waals surface area contributed by atoms with Gasteiger partial charge in [-0.15, -0.1) is 0 Å². The largest absolute Gasteiger partial charge is 0.460 e. The van der Waals surface area contributed by atoms with Gasteiger partial charge in [0.2, 0.25) is 10.0 Å². The normalized spacial score (nSPS) is 12.1. The molecule has 4 nitrogen and oxygen atoms in total. The maximum Gasteiger partial charge on any atom is 0.244 e. The molecule has 0 spiro atoms. The molecule has 0 aliphatic rings. The number of fused-ring (bicyclic) bond motifs is 1. The van der Waals surface area contributed by atoms with Crippen LogP contribution in [0.4, 0.5) is 0 Å². The Hall–Kier alpha value is -1.82. The van der Waals surface area contributed by atoms with Gasteiger partial charge in [0.05, 0.1) is 11.6 Å². The summed E-state index contributed by atoms with van der Waals surface area (Å²) < 4.78 is 32.0. The summed E-state index contributed by atoms with van der Waals surface area (Å²) in [4.78, 5) is 0.0928. The first-order chi connectivity index (χ1) is 10.5. The van der Waals surface area contributed by atoms with Crippen molar-refractivity contribution in [1.82, 2.24) is 4.31 Å². The van der Waals surface area contributed by atoms with Gasteiger partial charge in [-0.1, -0.05) is 41.9 Å². The molecule has 0 radical (unpaired) electrons. The fourth-order valence-corrected chi connectivity index (χ4v) is 3.87. The van der Waals surface area contributed by atoms with Crippen LogP contribution in [0.25, 0.3) is 11.0 Å². The highest BCUT2D eigenvalue weighted by molar-refractivity contribution is 7.89. The van der Waals surface area contributed by atoms with E-state index in [1.54, 1.807) is 18.2 Å². The van der Waals surface area contributed by atoms with Gasteiger partial charge in [-0.25, -0.2) is 8.42 Å². The fraction of sp³-hybridized carbons (Fsp3) is 0.125. The van der Waals surface area contributed by atoms with E-state index in [-0.39, 0.29) is 16.5 Å².